The summed E-state index contributed by atoms with van der Waals surface area (Å²) in [6.45, 7) is 3.20. The van der Waals surface area contributed by atoms with E-state index in [1.165, 1.54) is 0 Å². The Balaban J connectivity index is 1.66. The lowest BCUT2D eigenvalue weighted by atomic mass is 10.2. The molecule has 0 fully saturated rings. The predicted octanol–water partition coefficient (Wildman–Crippen LogP) is 4.06. The second-order valence-electron chi connectivity index (χ2n) is 5.37. The van der Waals surface area contributed by atoms with E-state index in [2.05, 4.69) is 25.6 Å². The third-order valence-corrected chi connectivity index (χ3v) is 3.84. The number of rotatable bonds is 6. The van der Waals surface area contributed by atoms with Crippen LogP contribution in [0.4, 0.5) is 11.8 Å². The summed E-state index contributed by atoms with van der Waals surface area (Å²) in [4.78, 5) is 12.9. The molecule has 3 rings (SSSR count). The first-order valence-corrected chi connectivity index (χ1v) is 8.04. The van der Waals surface area contributed by atoms with Crippen LogP contribution in [0.25, 0.3) is 0 Å². The minimum atomic E-state index is 0.576. The van der Waals surface area contributed by atoms with Gasteiger partial charge in [0.2, 0.25) is 5.95 Å². The largest absolute Gasteiger partial charge is 0.366 e. The summed E-state index contributed by atoms with van der Waals surface area (Å²) in [5.74, 6) is 1.35. The van der Waals surface area contributed by atoms with Crippen LogP contribution in [-0.4, -0.2) is 15.0 Å². The summed E-state index contributed by atoms with van der Waals surface area (Å²) in [5.41, 5.74) is 3.05. The van der Waals surface area contributed by atoms with Crippen LogP contribution in [-0.2, 0) is 13.1 Å². The molecule has 24 heavy (non-hydrogen) atoms. The summed E-state index contributed by atoms with van der Waals surface area (Å²) in [7, 11) is 0. The van der Waals surface area contributed by atoms with Crippen LogP contribution in [0.15, 0.2) is 54.9 Å². The predicted molar refractivity (Wildman–Crippen MR) is 97.1 cm³/mol. The van der Waals surface area contributed by atoms with Gasteiger partial charge in [-0.3, -0.25) is 4.98 Å². The number of anilines is 2. The maximum atomic E-state index is 6.17. The van der Waals surface area contributed by atoms with Crippen LogP contribution in [0, 0.1) is 6.92 Å². The Morgan fingerprint density at radius 2 is 1.75 bits per heavy atom. The lowest BCUT2D eigenvalue weighted by Gasteiger charge is -2.10. The van der Waals surface area contributed by atoms with Gasteiger partial charge in [-0.05, 0) is 36.2 Å². The molecule has 0 aliphatic carbocycles. The Morgan fingerprint density at radius 3 is 2.54 bits per heavy atom. The van der Waals surface area contributed by atoms with Crippen molar-refractivity contribution in [3.63, 3.8) is 0 Å². The van der Waals surface area contributed by atoms with Crippen LogP contribution < -0.4 is 10.6 Å². The third kappa shape index (κ3) is 4.43. The maximum Gasteiger partial charge on any atom is 0.225 e. The summed E-state index contributed by atoms with van der Waals surface area (Å²) in [6.07, 6.45) is 3.55. The van der Waals surface area contributed by atoms with Crippen LogP contribution in [0.5, 0.6) is 0 Å². The van der Waals surface area contributed by atoms with Crippen LogP contribution in [0.1, 0.15) is 16.8 Å². The highest BCUT2D eigenvalue weighted by atomic mass is 35.5. The smallest absolute Gasteiger partial charge is 0.225 e. The topological polar surface area (TPSA) is 62.7 Å². The molecular formula is C18H18ClN5. The Morgan fingerprint density at radius 1 is 0.958 bits per heavy atom. The minimum Gasteiger partial charge on any atom is -0.366 e. The van der Waals surface area contributed by atoms with E-state index >= 15 is 0 Å². The molecule has 0 saturated heterocycles. The first-order valence-electron chi connectivity index (χ1n) is 7.66. The molecule has 0 spiro atoms. The first kappa shape index (κ1) is 16.2. The number of hydrogen-bond acceptors (Lipinski definition) is 5. The highest BCUT2D eigenvalue weighted by Crippen LogP contribution is 2.17. The van der Waals surface area contributed by atoms with E-state index < -0.39 is 0 Å². The number of aromatic nitrogens is 3. The molecule has 0 amide bonds. The molecular weight excluding hydrogens is 322 g/mol. The molecule has 0 aliphatic rings. The molecule has 0 radical (unpaired) electrons. The van der Waals surface area contributed by atoms with Crippen molar-refractivity contribution in [3.05, 3.63) is 76.7 Å². The molecule has 0 unspecified atom stereocenters. The Hall–Kier alpha value is -2.66. The Bertz CT molecular complexity index is 808. The zero-order chi connectivity index (χ0) is 16.8. The summed E-state index contributed by atoms with van der Waals surface area (Å²) in [6, 6.07) is 13.6. The van der Waals surface area contributed by atoms with Gasteiger partial charge in [0.25, 0.3) is 0 Å². The summed E-state index contributed by atoms with van der Waals surface area (Å²) in [5, 5.41) is 7.26. The lowest BCUT2D eigenvalue weighted by molar-refractivity contribution is 1.01. The molecule has 3 aromatic rings. The monoisotopic (exact) mass is 339 g/mol. The number of benzene rings is 1. The lowest BCUT2D eigenvalue weighted by Crippen LogP contribution is -2.08. The number of nitrogens with zero attached hydrogens (tertiary/aromatic N) is 3. The first-order chi connectivity index (χ1) is 11.7. The number of aryl methyl sites for hydroxylation is 1. The molecule has 1 aromatic carbocycles. The summed E-state index contributed by atoms with van der Waals surface area (Å²) < 4.78 is 0. The van der Waals surface area contributed by atoms with Crippen molar-refractivity contribution in [2.24, 2.45) is 0 Å². The standard InChI is InChI=1S/C18H18ClN5/c1-13-10-17(21-11-14-6-8-20-9-7-14)24-18(23-13)22-12-15-4-2-3-5-16(15)19/h2-10H,11-12H2,1H3,(H2,21,22,23,24). The van der Waals surface area contributed by atoms with Crippen molar-refractivity contribution in [2.75, 3.05) is 10.6 Å². The highest BCUT2D eigenvalue weighted by Gasteiger charge is 2.04. The van der Waals surface area contributed by atoms with Gasteiger partial charge in [0, 0.05) is 42.3 Å². The van der Waals surface area contributed by atoms with Crippen molar-refractivity contribution in [1.82, 2.24) is 15.0 Å². The average Bonchev–Trinajstić information content (AvgIpc) is 2.60. The van der Waals surface area contributed by atoms with E-state index in [1.54, 1.807) is 12.4 Å². The summed E-state index contributed by atoms with van der Waals surface area (Å²) >= 11 is 6.17. The van der Waals surface area contributed by atoms with Crippen molar-refractivity contribution in [1.29, 1.82) is 0 Å². The maximum absolute atomic E-state index is 6.17. The van der Waals surface area contributed by atoms with Crippen molar-refractivity contribution >= 4 is 23.4 Å². The van der Waals surface area contributed by atoms with Gasteiger partial charge in [-0.25, -0.2) is 4.98 Å². The molecule has 0 bridgehead atoms. The highest BCUT2D eigenvalue weighted by molar-refractivity contribution is 6.31. The zero-order valence-corrected chi connectivity index (χ0v) is 14.1. The fourth-order valence-corrected chi connectivity index (χ4v) is 2.45. The molecule has 122 valence electrons. The van der Waals surface area contributed by atoms with Crippen LogP contribution >= 0.6 is 11.6 Å². The van der Waals surface area contributed by atoms with Gasteiger partial charge in [0.05, 0.1) is 0 Å². The minimum absolute atomic E-state index is 0.576. The Labute approximate surface area is 146 Å². The second-order valence-corrected chi connectivity index (χ2v) is 5.78. The van der Waals surface area contributed by atoms with Crippen molar-refractivity contribution < 1.29 is 0 Å². The molecule has 0 atom stereocenters. The van der Waals surface area contributed by atoms with Gasteiger partial charge < -0.3 is 10.6 Å². The molecule has 0 saturated carbocycles. The van der Waals surface area contributed by atoms with E-state index in [1.807, 2.05) is 49.4 Å². The van der Waals surface area contributed by atoms with Gasteiger partial charge in [-0.15, -0.1) is 0 Å². The van der Waals surface area contributed by atoms with E-state index in [0.29, 0.717) is 19.0 Å². The van der Waals surface area contributed by atoms with E-state index in [9.17, 15) is 0 Å². The van der Waals surface area contributed by atoms with Gasteiger partial charge in [-0.1, -0.05) is 29.8 Å². The fourth-order valence-electron chi connectivity index (χ4n) is 2.25. The molecule has 0 aliphatic heterocycles. The SMILES string of the molecule is Cc1cc(NCc2ccncc2)nc(NCc2ccccc2Cl)n1. The van der Waals surface area contributed by atoms with Crippen LogP contribution in [0.2, 0.25) is 5.02 Å². The molecule has 5 nitrogen and oxygen atoms in total. The molecule has 2 N–H and O–H groups in total. The second kappa shape index (κ2) is 7.75. The van der Waals surface area contributed by atoms with E-state index in [-0.39, 0.29) is 0 Å². The number of nitrogens with one attached hydrogen (secondary N) is 2. The van der Waals surface area contributed by atoms with E-state index in [4.69, 9.17) is 11.6 Å². The zero-order valence-electron chi connectivity index (χ0n) is 13.3. The van der Waals surface area contributed by atoms with Gasteiger partial charge in [0.15, 0.2) is 0 Å². The fraction of sp³-hybridized carbons (Fsp3) is 0.167. The quantitative estimate of drug-likeness (QED) is 0.709. The van der Waals surface area contributed by atoms with Crippen molar-refractivity contribution in [2.45, 2.75) is 20.0 Å². The van der Waals surface area contributed by atoms with Crippen molar-refractivity contribution in [3.8, 4) is 0 Å². The third-order valence-electron chi connectivity index (χ3n) is 3.47. The van der Waals surface area contributed by atoms with Gasteiger partial charge in [-0.2, -0.15) is 4.98 Å². The van der Waals surface area contributed by atoms with E-state index in [0.717, 1.165) is 27.7 Å². The van der Waals surface area contributed by atoms with Gasteiger partial charge in [0.1, 0.15) is 5.82 Å². The molecule has 2 heterocycles. The average molecular weight is 340 g/mol. The number of pyridine rings is 1. The van der Waals surface area contributed by atoms with Crippen LogP contribution in [0.3, 0.4) is 0 Å². The van der Waals surface area contributed by atoms with Gasteiger partial charge >= 0.3 is 0 Å². The molecule has 2 aromatic heterocycles. The normalized spacial score (nSPS) is 10.4. The Kier molecular flexibility index (Phi) is 5.23. The molecule has 6 heteroatoms. The number of halogens is 1. The number of hydrogen-bond donors (Lipinski definition) is 2.